The minimum absolute atomic E-state index is 0.00711. The molecule has 10 aromatic heterocycles. The number of rotatable bonds is 3. The Bertz CT molecular complexity index is 9540. The molecule has 0 spiro atoms. The van der Waals surface area contributed by atoms with E-state index >= 15 is 0 Å². The number of hydrogen-bond acceptors (Lipinski definition) is 4. The highest BCUT2D eigenvalue weighted by molar-refractivity contribution is 7.26. The van der Waals surface area contributed by atoms with Crippen LogP contribution in [0.15, 0.2) is 391 Å². The summed E-state index contributed by atoms with van der Waals surface area (Å²) in [7, 11) is 0. The second-order valence-corrected chi connectivity index (χ2v) is 44.3. The molecular weight excluding hydrogens is 1720 g/mol. The minimum atomic E-state index is -0.00711. The van der Waals surface area contributed by atoms with Gasteiger partial charge in [0.25, 0.3) is 0 Å². The Morgan fingerprint density at radius 3 is 1.10 bits per heavy atom. The van der Waals surface area contributed by atoms with Gasteiger partial charge in [0, 0.05) is 171 Å². The Morgan fingerprint density at radius 1 is 0.196 bits per heavy atom. The molecule has 0 amide bonds. The van der Waals surface area contributed by atoms with E-state index in [1.807, 2.05) is 46.9 Å². The normalized spacial score (nSPS) is 12.6. The molecule has 0 saturated carbocycles. The first-order chi connectivity index (χ1) is 66.7. The molecule has 0 radical (unpaired) electrons. The molecule has 10 heteroatoms. The van der Waals surface area contributed by atoms with E-state index in [9.17, 15) is 0 Å². The second-order valence-electron chi connectivity index (χ2n) is 42.2. The van der Waals surface area contributed by atoms with Crippen LogP contribution in [-0.2, 0) is 27.4 Å². The summed E-state index contributed by atoms with van der Waals surface area (Å²) >= 11 is 3.82. The molecule has 0 saturated heterocycles. The van der Waals surface area contributed by atoms with Crippen LogP contribution in [0.1, 0.15) is 115 Å². The van der Waals surface area contributed by atoms with Crippen LogP contribution < -0.4 is 0 Å². The second kappa shape index (κ2) is 32.2. The first kappa shape index (κ1) is 85.7. The Balaban J connectivity index is 0.0000000942. The summed E-state index contributed by atoms with van der Waals surface area (Å²) in [5.74, 6) is 0. The molecule has 0 N–H and O–H groups in total. The monoisotopic (exact) mass is 1820 g/mol. The van der Waals surface area contributed by atoms with Crippen molar-refractivity contribution in [2.75, 3.05) is 0 Å². The summed E-state index contributed by atoms with van der Waals surface area (Å²) in [5, 5.41) is 25.8. The van der Waals surface area contributed by atoms with Crippen LogP contribution in [0.4, 0.5) is 0 Å². The van der Waals surface area contributed by atoms with E-state index in [0.29, 0.717) is 0 Å². The van der Waals surface area contributed by atoms with Gasteiger partial charge in [-0.15, -0.1) is 22.7 Å². The molecule has 0 aliphatic carbocycles. The number of fused-ring (bicyclic) bond motifs is 32. The zero-order chi connectivity index (χ0) is 94.3. The molecule has 0 aliphatic heterocycles. The summed E-state index contributed by atoms with van der Waals surface area (Å²) < 4.78 is 32.5. The van der Waals surface area contributed by atoms with Gasteiger partial charge in [-0.3, -0.25) is 0 Å². The quantitative estimate of drug-likeness (QED) is 0.177. The Kier molecular flexibility index (Phi) is 20.0. The number of furan rings is 2. The van der Waals surface area contributed by atoms with Crippen LogP contribution in [0.5, 0.6) is 0 Å². The molecule has 0 unspecified atom stereocenters. The predicted molar refractivity (Wildman–Crippen MR) is 597 cm³/mol. The van der Waals surface area contributed by atoms with Gasteiger partial charge in [0.1, 0.15) is 22.3 Å². The van der Waals surface area contributed by atoms with Crippen LogP contribution in [0, 0.1) is 0 Å². The van der Waals surface area contributed by atoms with Crippen molar-refractivity contribution in [2.45, 2.75) is 131 Å². The predicted octanol–water partition coefficient (Wildman–Crippen LogP) is 37.4. The SMILES string of the molecule is CC(C)(C)c1ccc(-n2c3ccccc3c3ccc4oc5ccccc5c4c32)cc1.CC(C)(C)c1cccc2c1sc1ccc3c4ccccc4n(-c4ccccc4)c3c12.CC(C)(C)n1c2ccccc2c2cc3c(cc21)c1ccccc1n3-c1ccccc1.CC(C)(C)n1c2ccccc2c2cc3oc4ccccc4c3cc21.CC(C)(C)n1c2ccccc2c2cc3sc4ccccc4c3cc21. The maximum Gasteiger partial charge on any atom is 0.137 e. The lowest BCUT2D eigenvalue weighted by molar-refractivity contribution is 0.423. The van der Waals surface area contributed by atoms with E-state index in [4.69, 9.17) is 8.83 Å². The van der Waals surface area contributed by atoms with E-state index < -0.39 is 0 Å². The van der Waals surface area contributed by atoms with Crippen molar-refractivity contribution >= 4 is 238 Å². The van der Waals surface area contributed by atoms with Gasteiger partial charge in [-0.1, -0.05) is 278 Å². The van der Waals surface area contributed by atoms with Gasteiger partial charge in [-0.2, -0.15) is 0 Å². The molecule has 0 atom stereocenters. The van der Waals surface area contributed by atoms with E-state index in [0.717, 1.165) is 27.7 Å². The van der Waals surface area contributed by atoms with Crippen LogP contribution >= 0.6 is 22.7 Å². The van der Waals surface area contributed by atoms with Crippen molar-refractivity contribution in [1.29, 1.82) is 0 Å². The van der Waals surface area contributed by atoms with Crippen molar-refractivity contribution in [3.63, 3.8) is 0 Å². The van der Waals surface area contributed by atoms with Gasteiger partial charge < -0.3 is 36.2 Å². The molecule has 0 aliphatic rings. The molecule has 0 bridgehead atoms. The lowest BCUT2D eigenvalue weighted by Gasteiger charge is -2.24. The number of aromatic nitrogens is 6. The Morgan fingerprint density at radius 2 is 0.572 bits per heavy atom. The zero-order valence-electron chi connectivity index (χ0n) is 80.7. The van der Waals surface area contributed by atoms with Crippen molar-refractivity contribution in [2.24, 2.45) is 0 Å². The first-order valence-corrected chi connectivity index (χ1v) is 49.9. The van der Waals surface area contributed by atoms with Crippen molar-refractivity contribution in [1.82, 2.24) is 27.4 Å². The van der Waals surface area contributed by atoms with Gasteiger partial charge in [0.2, 0.25) is 0 Å². The smallest absolute Gasteiger partial charge is 0.137 e. The first-order valence-electron chi connectivity index (χ1n) is 48.3. The summed E-state index contributed by atoms with van der Waals surface area (Å²) in [5.41, 5.74) is 25.7. The zero-order valence-corrected chi connectivity index (χ0v) is 82.3. The van der Waals surface area contributed by atoms with Crippen LogP contribution in [0.25, 0.3) is 232 Å². The van der Waals surface area contributed by atoms with Crippen molar-refractivity contribution in [3.8, 4) is 17.1 Å². The lowest BCUT2D eigenvalue weighted by atomic mass is 9.86. The fraction of sp³-hybridized carbons (Fsp3) is 0.156. The standard InChI is InChI=1S/C28H24N2.C28H23NO.C28H23NS.C22H19NO.C22H19NS/c1-28(2,3)30-25-16-10-8-14-21(25)23-17-26-22(18-27(23)30)20-13-7-9-15-24(20)29(26)19-11-5-4-6-12-19;1-28(2,3)18-12-14-19(15-13-18)29-23-10-6-4-8-20(23)21-16-17-25-26(27(21)29)22-9-5-7-11-24(22)30-25;1-28(2,3)22-14-9-13-21-25-24(30-27(21)22)17-16-20-19-12-7-8-15-23(19)29(26(20)25)18-10-5-4-6-11-18;2*1-22(2,3)23-18-10-6-4-8-14(18)16-13-21-17(12-19(16)23)15-9-5-7-11-20(15)24-21/h4-18H,1-3H3;2*4-17H,1-3H3;2*4-13H,1-3H3. The summed E-state index contributed by atoms with van der Waals surface area (Å²) in [6.07, 6.45) is 0. The summed E-state index contributed by atoms with van der Waals surface area (Å²) in [6, 6.07) is 138. The van der Waals surface area contributed by atoms with Crippen LogP contribution in [0.3, 0.4) is 0 Å². The fourth-order valence-electron chi connectivity index (χ4n) is 22.2. The number of nitrogens with zero attached hydrogens (tertiary/aromatic N) is 6. The van der Waals surface area contributed by atoms with Gasteiger partial charge in [0.15, 0.2) is 0 Å². The lowest BCUT2D eigenvalue weighted by Crippen LogP contribution is -2.21. The molecule has 28 rings (SSSR count). The average Bonchev–Trinajstić information content (AvgIpc) is 1.48. The van der Waals surface area contributed by atoms with E-state index in [2.05, 4.69) is 489 Å². The van der Waals surface area contributed by atoms with Gasteiger partial charge >= 0.3 is 0 Å². The third-order valence-electron chi connectivity index (χ3n) is 28.1. The number of benzene rings is 18. The molecule has 0 fully saturated rings. The topological polar surface area (TPSA) is 55.9 Å². The maximum atomic E-state index is 6.20. The highest BCUT2D eigenvalue weighted by Gasteiger charge is 2.30. The van der Waals surface area contributed by atoms with Gasteiger partial charge in [-0.25, -0.2) is 0 Å². The Labute approximate surface area is 809 Å². The molecule has 28 aromatic rings. The molecule has 138 heavy (non-hydrogen) atoms. The highest BCUT2D eigenvalue weighted by atomic mass is 32.1. The van der Waals surface area contributed by atoms with E-state index in [1.165, 1.54) is 216 Å². The molecular formula is C128H108N6O2S2. The van der Waals surface area contributed by atoms with Crippen LogP contribution in [-0.4, -0.2) is 27.4 Å². The largest absolute Gasteiger partial charge is 0.456 e. The number of thiophene rings is 2. The number of para-hydroxylation sites is 10. The van der Waals surface area contributed by atoms with Crippen molar-refractivity contribution < 1.29 is 8.83 Å². The van der Waals surface area contributed by atoms with E-state index in [-0.39, 0.29) is 27.4 Å². The molecule has 674 valence electrons. The number of hydrogen-bond donors (Lipinski definition) is 0. The fourth-order valence-corrected chi connectivity index (χ4v) is 24.8. The average molecular weight is 1830 g/mol. The van der Waals surface area contributed by atoms with Crippen LogP contribution in [0.2, 0.25) is 0 Å². The highest BCUT2D eigenvalue weighted by Crippen LogP contribution is 2.50. The molecule has 10 heterocycles. The van der Waals surface area contributed by atoms with Crippen molar-refractivity contribution in [3.05, 3.63) is 393 Å². The van der Waals surface area contributed by atoms with E-state index in [1.54, 1.807) is 0 Å². The molecule has 18 aromatic carbocycles. The van der Waals surface area contributed by atoms with Gasteiger partial charge in [0.05, 0.1) is 55.0 Å². The maximum absolute atomic E-state index is 6.20. The Hall–Kier alpha value is -15.2. The minimum Gasteiger partial charge on any atom is -0.456 e. The third-order valence-corrected chi connectivity index (χ3v) is 30.5. The summed E-state index contributed by atoms with van der Waals surface area (Å²) in [4.78, 5) is 0. The third kappa shape index (κ3) is 14.0. The molecule has 8 nitrogen and oxygen atoms in total. The summed E-state index contributed by atoms with van der Waals surface area (Å²) in [6.45, 7) is 34.2. The van der Waals surface area contributed by atoms with Gasteiger partial charge in [-0.05, 0) is 230 Å².